The Hall–Kier alpha value is -4.46. The van der Waals surface area contributed by atoms with Crippen molar-refractivity contribution in [1.29, 1.82) is 0 Å². The number of pyridine rings is 1. The molecule has 0 radical (unpaired) electrons. The van der Waals surface area contributed by atoms with Crippen LogP contribution in [0.5, 0.6) is 17.2 Å². The Kier molecular flexibility index (Phi) is 5.78. The molecule has 7 nitrogen and oxygen atoms in total. The number of halogens is 1. The van der Waals surface area contributed by atoms with Gasteiger partial charge in [-0.25, -0.2) is 4.39 Å². The summed E-state index contributed by atoms with van der Waals surface area (Å²) in [6, 6.07) is 16.5. The summed E-state index contributed by atoms with van der Waals surface area (Å²) < 4.78 is 24.6. The van der Waals surface area contributed by atoms with Crippen molar-refractivity contribution in [1.82, 2.24) is 4.98 Å². The summed E-state index contributed by atoms with van der Waals surface area (Å²) in [5, 5.41) is 0.624. The van der Waals surface area contributed by atoms with Gasteiger partial charge in [0, 0.05) is 29.9 Å². The molecule has 3 aromatic carbocycles. The van der Waals surface area contributed by atoms with E-state index in [4.69, 9.17) is 15.2 Å². The number of fused-ring (bicyclic) bond motifs is 2. The minimum atomic E-state index is -0.610. The van der Waals surface area contributed by atoms with Gasteiger partial charge >= 0.3 is 0 Å². The van der Waals surface area contributed by atoms with Gasteiger partial charge in [0.05, 0.1) is 24.6 Å². The molecule has 1 aliphatic heterocycles. The van der Waals surface area contributed by atoms with Crippen molar-refractivity contribution in [2.24, 2.45) is 5.73 Å². The largest absolute Gasteiger partial charge is 0.496 e. The Morgan fingerprint density at radius 1 is 1.06 bits per heavy atom. The van der Waals surface area contributed by atoms with Gasteiger partial charge in [-0.1, -0.05) is 12.1 Å². The topological polar surface area (TPSA) is 94.8 Å². The van der Waals surface area contributed by atoms with E-state index in [1.807, 2.05) is 12.1 Å². The number of nitrogens with two attached hydrogens (primary N) is 1. The minimum absolute atomic E-state index is 0.0444. The molecule has 1 aromatic heterocycles. The van der Waals surface area contributed by atoms with E-state index in [1.54, 1.807) is 47.5 Å². The van der Waals surface area contributed by atoms with E-state index in [9.17, 15) is 14.0 Å². The highest BCUT2D eigenvalue weighted by atomic mass is 19.1. The maximum absolute atomic E-state index is 13.2. The summed E-state index contributed by atoms with van der Waals surface area (Å²) in [6.45, 7) is 0.568. The van der Waals surface area contributed by atoms with Gasteiger partial charge in [0.2, 0.25) is 5.91 Å². The summed E-state index contributed by atoms with van der Waals surface area (Å²) in [5.74, 6) is 0.478. The van der Waals surface area contributed by atoms with Gasteiger partial charge < -0.3 is 20.1 Å². The molecule has 0 spiro atoms. The van der Waals surface area contributed by atoms with Gasteiger partial charge in [0.25, 0.3) is 5.91 Å². The fourth-order valence-corrected chi connectivity index (χ4v) is 4.30. The van der Waals surface area contributed by atoms with Crippen LogP contribution in [0, 0.1) is 5.82 Å². The normalized spacial score (nSPS) is 12.5. The van der Waals surface area contributed by atoms with E-state index in [0.717, 1.165) is 16.8 Å². The zero-order valence-corrected chi connectivity index (χ0v) is 19.0. The van der Waals surface area contributed by atoms with E-state index >= 15 is 0 Å². The second-order valence-electron chi connectivity index (χ2n) is 8.23. The van der Waals surface area contributed by atoms with E-state index in [1.165, 1.54) is 19.2 Å². The lowest BCUT2D eigenvalue weighted by molar-refractivity contribution is -0.117. The highest BCUT2D eigenvalue weighted by Gasteiger charge is 2.25. The second kappa shape index (κ2) is 9.06. The van der Waals surface area contributed by atoms with Crippen molar-refractivity contribution in [2.45, 2.75) is 12.8 Å². The van der Waals surface area contributed by atoms with Crippen molar-refractivity contribution in [3.05, 3.63) is 89.4 Å². The maximum atomic E-state index is 13.2. The Balaban J connectivity index is 1.39. The van der Waals surface area contributed by atoms with Crippen LogP contribution in [0.1, 0.15) is 21.5 Å². The van der Waals surface area contributed by atoms with Crippen LogP contribution in [0.15, 0.2) is 66.9 Å². The molecule has 4 aromatic rings. The molecule has 35 heavy (non-hydrogen) atoms. The SMILES string of the molecule is COc1cc2nccc(Oc3ccc4c(c3)CCN4C(=O)Cc3ccc(F)cc3)c2cc1C(N)=O. The van der Waals surface area contributed by atoms with Crippen LogP contribution < -0.4 is 20.1 Å². The van der Waals surface area contributed by atoms with Crippen molar-refractivity contribution < 1.29 is 23.5 Å². The highest BCUT2D eigenvalue weighted by molar-refractivity contribution is 6.01. The average Bonchev–Trinajstić information content (AvgIpc) is 3.28. The van der Waals surface area contributed by atoms with Crippen LogP contribution in [0.25, 0.3) is 10.9 Å². The molecule has 2 heterocycles. The van der Waals surface area contributed by atoms with Gasteiger partial charge in [-0.15, -0.1) is 0 Å². The van der Waals surface area contributed by atoms with E-state index in [0.29, 0.717) is 41.1 Å². The number of aromatic nitrogens is 1. The zero-order valence-electron chi connectivity index (χ0n) is 19.0. The number of nitrogens with zero attached hydrogens (tertiary/aromatic N) is 2. The molecule has 0 bridgehead atoms. The third-order valence-corrected chi connectivity index (χ3v) is 6.03. The fourth-order valence-electron chi connectivity index (χ4n) is 4.30. The van der Waals surface area contributed by atoms with Gasteiger partial charge in [0.15, 0.2) is 0 Å². The van der Waals surface area contributed by atoms with Crippen molar-refractivity contribution in [2.75, 3.05) is 18.6 Å². The van der Waals surface area contributed by atoms with Crippen LogP contribution in [0.3, 0.4) is 0 Å². The predicted molar refractivity (Wildman–Crippen MR) is 129 cm³/mol. The first-order valence-corrected chi connectivity index (χ1v) is 11.0. The monoisotopic (exact) mass is 471 g/mol. The number of carbonyl (C=O) groups excluding carboxylic acids is 2. The summed E-state index contributed by atoms with van der Waals surface area (Å²) >= 11 is 0. The van der Waals surface area contributed by atoms with Crippen molar-refractivity contribution >= 4 is 28.4 Å². The molecule has 0 aliphatic carbocycles. The highest BCUT2D eigenvalue weighted by Crippen LogP contribution is 2.36. The number of ether oxygens (including phenoxy) is 2. The molecule has 0 atom stereocenters. The van der Waals surface area contributed by atoms with Gasteiger partial charge in [0.1, 0.15) is 23.1 Å². The quantitative estimate of drug-likeness (QED) is 0.450. The molecule has 176 valence electrons. The van der Waals surface area contributed by atoms with Crippen LogP contribution in [0.4, 0.5) is 10.1 Å². The fraction of sp³-hybridized carbons (Fsp3) is 0.148. The van der Waals surface area contributed by atoms with Crippen LogP contribution >= 0.6 is 0 Å². The number of hydrogen-bond donors (Lipinski definition) is 1. The zero-order chi connectivity index (χ0) is 24.5. The first-order chi connectivity index (χ1) is 16.9. The Morgan fingerprint density at radius 2 is 1.86 bits per heavy atom. The minimum Gasteiger partial charge on any atom is -0.496 e. The summed E-state index contributed by atoms with van der Waals surface area (Å²) in [4.78, 5) is 30.8. The molecule has 0 saturated heterocycles. The summed E-state index contributed by atoms with van der Waals surface area (Å²) in [7, 11) is 1.46. The van der Waals surface area contributed by atoms with Crippen LogP contribution in [-0.4, -0.2) is 30.5 Å². The molecular weight excluding hydrogens is 449 g/mol. The van der Waals surface area contributed by atoms with Gasteiger partial charge in [-0.2, -0.15) is 0 Å². The molecule has 1 aliphatic rings. The molecule has 0 saturated carbocycles. The van der Waals surface area contributed by atoms with Crippen molar-refractivity contribution in [3.63, 3.8) is 0 Å². The number of methoxy groups -OCH3 is 1. The average molecular weight is 471 g/mol. The van der Waals surface area contributed by atoms with E-state index < -0.39 is 5.91 Å². The third kappa shape index (κ3) is 4.38. The van der Waals surface area contributed by atoms with Gasteiger partial charge in [-0.3, -0.25) is 14.6 Å². The second-order valence-corrected chi connectivity index (χ2v) is 8.23. The number of benzene rings is 3. The Bertz CT molecular complexity index is 1450. The number of amides is 2. The molecule has 0 fully saturated rings. The lowest BCUT2D eigenvalue weighted by Gasteiger charge is -2.18. The molecule has 2 N–H and O–H groups in total. The standard InChI is InChI=1S/C27H22FN3O4/c1-34-25-15-22-20(14-21(25)27(29)33)24(8-10-30-22)35-19-6-7-23-17(13-19)9-11-31(23)26(32)12-16-2-4-18(28)5-3-16/h2-8,10,13-15H,9,11-12H2,1H3,(H2,29,33). The molecule has 5 rings (SSSR count). The van der Waals surface area contributed by atoms with Gasteiger partial charge in [-0.05, 0) is 60.0 Å². The molecule has 0 unspecified atom stereocenters. The van der Waals surface area contributed by atoms with E-state index in [-0.39, 0.29) is 23.7 Å². The molecule has 2 amide bonds. The Morgan fingerprint density at radius 3 is 2.60 bits per heavy atom. The number of rotatable bonds is 6. The van der Waals surface area contributed by atoms with Crippen LogP contribution in [0.2, 0.25) is 0 Å². The Labute approximate surface area is 200 Å². The number of hydrogen-bond acceptors (Lipinski definition) is 5. The predicted octanol–water partition coefficient (Wildman–Crippen LogP) is 4.41. The first kappa shape index (κ1) is 22.3. The van der Waals surface area contributed by atoms with Crippen molar-refractivity contribution in [3.8, 4) is 17.2 Å². The summed E-state index contributed by atoms with van der Waals surface area (Å²) in [6.07, 6.45) is 2.51. The molecule has 8 heteroatoms. The summed E-state index contributed by atoms with van der Waals surface area (Å²) in [5.41, 5.74) is 8.94. The number of primary amides is 1. The number of carbonyl (C=O) groups is 2. The van der Waals surface area contributed by atoms with E-state index in [2.05, 4.69) is 4.98 Å². The lowest BCUT2D eigenvalue weighted by Crippen LogP contribution is -2.30. The third-order valence-electron chi connectivity index (χ3n) is 6.03. The number of anilines is 1. The first-order valence-electron chi connectivity index (χ1n) is 11.0. The van der Waals surface area contributed by atoms with Crippen LogP contribution in [-0.2, 0) is 17.6 Å². The smallest absolute Gasteiger partial charge is 0.252 e. The lowest BCUT2D eigenvalue weighted by atomic mass is 10.1. The maximum Gasteiger partial charge on any atom is 0.252 e. The molecular formula is C27H22FN3O4.